The van der Waals surface area contributed by atoms with Crippen LogP contribution in [0.1, 0.15) is 31.2 Å². The molecule has 1 aliphatic rings. The second-order valence-electron chi connectivity index (χ2n) is 5.30. The fraction of sp³-hybridized carbons (Fsp3) is 0.533. The summed E-state index contributed by atoms with van der Waals surface area (Å²) in [6, 6.07) is 3.79. The molecule has 2 rings (SSSR count). The molecule has 1 fully saturated rings. The van der Waals surface area contributed by atoms with Crippen LogP contribution in [0.5, 0.6) is 0 Å². The van der Waals surface area contributed by atoms with Gasteiger partial charge in [-0.15, -0.1) is 0 Å². The summed E-state index contributed by atoms with van der Waals surface area (Å²) >= 11 is 0. The molecule has 1 amide bonds. The summed E-state index contributed by atoms with van der Waals surface area (Å²) in [6.45, 7) is 0.478. The van der Waals surface area contributed by atoms with Crippen molar-refractivity contribution >= 4 is 11.9 Å². The summed E-state index contributed by atoms with van der Waals surface area (Å²) in [5.41, 5.74) is 1.08. The molecule has 20 heavy (non-hydrogen) atoms. The number of nitrogens with one attached hydrogen (secondary N) is 1. The van der Waals surface area contributed by atoms with Gasteiger partial charge in [-0.1, -0.05) is 6.42 Å². The van der Waals surface area contributed by atoms with Crippen LogP contribution in [0, 0.1) is 11.8 Å². The molecule has 1 aromatic rings. The Morgan fingerprint density at radius 2 is 2.05 bits per heavy atom. The van der Waals surface area contributed by atoms with Crippen LogP contribution in [0.15, 0.2) is 24.5 Å². The van der Waals surface area contributed by atoms with Gasteiger partial charge in [0.15, 0.2) is 0 Å². The highest BCUT2D eigenvalue weighted by molar-refractivity contribution is 5.76. The Balaban J connectivity index is 1.71. The lowest BCUT2D eigenvalue weighted by Crippen LogP contribution is -2.33. The van der Waals surface area contributed by atoms with Gasteiger partial charge in [-0.3, -0.25) is 14.6 Å². The molecule has 1 heterocycles. The summed E-state index contributed by atoms with van der Waals surface area (Å²) < 4.78 is 0. The molecule has 1 saturated carbocycles. The van der Waals surface area contributed by atoms with Gasteiger partial charge in [-0.2, -0.15) is 0 Å². The molecule has 0 radical (unpaired) electrons. The Bertz CT molecular complexity index is 461. The first-order chi connectivity index (χ1) is 9.66. The van der Waals surface area contributed by atoms with Crippen molar-refractivity contribution in [3.8, 4) is 0 Å². The molecule has 0 aromatic carbocycles. The summed E-state index contributed by atoms with van der Waals surface area (Å²) in [6.07, 6.45) is 7.09. The Morgan fingerprint density at radius 1 is 1.30 bits per heavy atom. The molecule has 0 bridgehead atoms. The van der Waals surface area contributed by atoms with Crippen molar-refractivity contribution in [3.63, 3.8) is 0 Å². The quantitative estimate of drug-likeness (QED) is 0.827. The maximum absolute atomic E-state index is 11.8. The normalized spacial score (nSPS) is 21.6. The molecule has 0 saturated heterocycles. The van der Waals surface area contributed by atoms with Crippen LogP contribution in [0.4, 0.5) is 0 Å². The predicted molar refractivity (Wildman–Crippen MR) is 74.0 cm³/mol. The maximum atomic E-state index is 11.8. The van der Waals surface area contributed by atoms with Gasteiger partial charge < -0.3 is 10.4 Å². The molecule has 108 valence electrons. The van der Waals surface area contributed by atoms with Crippen molar-refractivity contribution in [2.75, 3.05) is 6.54 Å². The highest BCUT2D eigenvalue weighted by atomic mass is 16.4. The highest BCUT2D eigenvalue weighted by Gasteiger charge is 2.32. The standard InChI is InChI=1S/C15H20N2O3/c18-14(5-4-11-6-8-16-9-7-11)17-10-12-2-1-3-13(12)15(19)20/h6-9,12-13H,1-5,10H2,(H,17,18)(H,19,20). The number of rotatable bonds is 6. The zero-order chi connectivity index (χ0) is 14.4. The van der Waals surface area contributed by atoms with Gasteiger partial charge >= 0.3 is 5.97 Å². The van der Waals surface area contributed by atoms with Crippen molar-refractivity contribution < 1.29 is 14.7 Å². The van der Waals surface area contributed by atoms with Crippen molar-refractivity contribution in [1.82, 2.24) is 10.3 Å². The molecule has 1 aliphatic carbocycles. The Labute approximate surface area is 118 Å². The molecule has 5 heteroatoms. The van der Waals surface area contributed by atoms with Crippen LogP contribution < -0.4 is 5.32 Å². The van der Waals surface area contributed by atoms with Gasteiger partial charge in [0.25, 0.3) is 0 Å². The van der Waals surface area contributed by atoms with Crippen molar-refractivity contribution in [1.29, 1.82) is 0 Å². The lowest BCUT2D eigenvalue weighted by molar-refractivity contribution is -0.143. The number of carboxylic acid groups (broad SMARTS) is 1. The van der Waals surface area contributed by atoms with Crippen LogP contribution in [0.3, 0.4) is 0 Å². The van der Waals surface area contributed by atoms with E-state index in [-0.39, 0.29) is 17.7 Å². The zero-order valence-corrected chi connectivity index (χ0v) is 11.4. The average Bonchev–Trinajstić information content (AvgIpc) is 2.92. The van der Waals surface area contributed by atoms with Crippen LogP contribution in [0.25, 0.3) is 0 Å². The first-order valence-corrected chi connectivity index (χ1v) is 7.05. The second kappa shape index (κ2) is 7.03. The average molecular weight is 276 g/mol. The third-order valence-corrected chi connectivity index (χ3v) is 3.93. The Kier molecular flexibility index (Phi) is 5.09. The van der Waals surface area contributed by atoms with Crippen molar-refractivity contribution in [2.24, 2.45) is 11.8 Å². The smallest absolute Gasteiger partial charge is 0.306 e. The molecule has 2 N–H and O–H groups in total. The van der Waals surface area contributed by atoms with E-state index in [1.54, 1.807) is 12.4 Å². The molecule has 0 spiro atoms. The van der Waals surface area contributed by atoms with E-state index in [2.05, 4.69) is 10.3 Å². The second-order valence-corrected chi connectivity index (χ2v) is 5.30. The lowest BCUT2D eigenvalue weighted by atomic mass is 9.96. The monoisotopic (exact) mass is 276 g/mol. The van der Waals surface area contributed by atoms with Crippen LogP contribution in [0.2, 0.25) is 0 Å². The molecular weight excluding hydrogens is 256 g/mol. The number of carboxylic acids is 1. The van der Waals surface area contributed by atoms with E-state index < -0.39 is 5.97 Å². The topological polar surface area (TPSA) is 79.3 Å². The number of nitrogens with zero attached hydrogens (tertiary/aromatic N) is 1. The molecule has 5 nitrogen and oxygen atoms in total. The van der Waals surface area contributed by atoms with Gasteiger partial charge in [0, 0.05) is 25.4 Å². The van der Waals surface area contributed by atoms with E-state index in [1.807, 2.05) is 12.1 Å². The summed E-state index contributed by atoms with van der Waals surface area (Å²) in [5, 5.41) is 11.9. The number of hydrogen-bond acceptors (Lipinski definition) is 3. The van der Waals surface area contributed by atoms with E-state index in [4.69, 9.17) is 5.11 Å². The number of amides is 1. The number of carbonyl (C=O) groups is 2. The van der Waals surface area contributed by atoms with E-state index >= 15 is 0 Å². The van der Waals surface area contributed by atoms with E-state index in [9.17, 15) is 9.59 Å². The van der Waals surface area contributed by atoms with Crippen LogP contribution in [-0.2, 0) is 16.0 Å². The SMILES string of the molecule is O=C(CCc1ccncc1)NCC1CCCC1C(=O)O. The molecular formula is C15H20N2O3. The van der Waals surface area contributed by atoms with Gasteiger partial charge in [-0.25, -0.2) is 0 Å². The van der Waals surface area contributed by atoms with Gasteiger partial charge in [-0.05, 0) is 42.9 Å². The van der Waals surface area contributed by atoms with Crippen LogP contribution >= 0.6 is 0 Å². The van der Waals surface area contributed by atoms with E-state index in [1.165, 1.54) is 0 Å². The van der Waals surface area contributed by atoms with E-state index in [0.717, 1.165) is 24.8 Å². The largest absolute Gasteiger partial charge is 0.481 e. The van der Waals surface area contributed by atoms with Gasteiger partial charge in [0.05, 0.1) is 5.92 Å². The molecule has 1 aromatic heterocycles. The fourth-order valence-corrected chi connectivity index (χ4v) is 2.75. The Morgan fingerprint density at radius 3 is 2.75 bits per heavy atom. The van der Waals surface area contributed by atoms with Gasteiger partial charge in [0.2, 0.25) is 5.91 Å². The third-order valence-electron chi connectivity index (χ3n) is 3.93. The van der Waals surface area contributed by atoms with Crippen molar-refractivity contribution in [2.45, 2.75) is 32.1 Å². The molecule has 0 aliphatic heterocycles. The first kappa shape index (κ1) is 14.5. The first-order valence-electron chi connectivity index (χ1n) is 7.05. The zero-order valence-electron chi connectivity index (χ0n) is 11.4. The number of aryl methyl sites for hydroxylation is 1. The number of aromatic nitrogens is 1. The minimum Gasteiger partial charge on any atom is -0.481 e. The van der Waals surface area contributed by atoms with Crippen molar-refractivity contribution in [3.05, 3.63) is 30.1 Å². The van der Waals surface area contributed by atoms with E-state index in [0.29, 0.717) is 19.4 Å². The summed E-state index contributed by atoms with van der Waals surface area (Å²) in [5.74, 6) is -0.968. The van der Waals surface area contributed by atoms with Crippen LogP contribution in [-0.4, -0.2) is 28.5 Å². The number of hydrogen-bond donors (Lipinski definition) is 2. The molecule has 2 atom stereocenters. The Hall–Kier alpha value is -1.91. The van der Waals surface area contributed by atoms with Gasteiger partial charge in [0.1, 0.15) is 0 Å². The number of aliphatic carboxylic acids is 1. The minimum atomic E-state index is -0.737. The fourth-order valence-electron chi connectivity index (χ4n) is 2.75. The third kappa shape index (κ3) is 4.05. The predicted octanol–water partition coefficient (Wildman–Crippen LogP) is 1.63. The molecule has 2 unspecified atom stereocenters. The number of carbonyl (C=O) groups excluding carboxylic acids is 1. The number of pyridine rings is 1. The highest BCUT2D eigenvalue weighted by Crippen LogP contribution is 2.31. The minimum absolute atomic E-state index is 0.0159. The summed E-state index contributed by atoms with van der Waals surface area (Å²) in [7, 11) is 0. The lowest BCUT2D eigenvalue weighted by Gasteiger charge is -2.16. The summed E-state index contributed by atoms with van der Waals surface area (Å²) in [4.78, 5) is 26.8. The maximum Gasteiger partial charge on any atom is 0.306 e.